The lowest BCUT2D eigenvalue weighted by atomic mass is 10.2. The zero-order valence-electron chi connectivity index (χ0n) is 10.7. The molecule has 0 atom stereocenters. The second kappa shape index (κ2) is 6.57. The fourth-order valence-corrected chi connectivity index (χ4v) is 2.28. The Morgan fingerprint density at radius 3 is 2.53 bits per heavy atom. The molecule has 4 nitrogen and oxygen atoms in total. The second-order valence-electron chi connectivity index (χ2n) is 4.57. The van der Waals surface area contributed by atoms with Crippen molar-refractivity contribution in [2.24, 2.45) is 0 Å². The largest absolute Gasteiger partial charge is 0.327 e. The third-order valence-corrected chi connectivity index (χ3v) is 3.39. The molecule has 1 aromatic rings. The van der Waals surface area contributed by atoms with Crippen molar-refractivity contribution in [3.05, 3.63) is 35.9 Å². The minimum atomic E-state index is -0.191. The highest BCUT2D eigenvalue weighted by Gasteiger charge is 2.35. The minimum absolute atomic E-state index is 0.125. The fraction of sp³-hybridized carbons (Fsp3) is 0.429. The molecule has 1 fully saturated rings. The average molecular weight is 281 g/mol. The summed E-state index contributed by atoms with van der Waals surface area (Å²) in [5.41, 5.74) is 0.965. The van der Waals surface area contributed by atoms with Gasteiger partial charge in [0.05, 0.1) is 6.54 Å². The topological polar surface area (TPSA) is 40.6 Å². The Bertz CT molecular complexity index is 450. The molecule has 2 rings (SSSR count). The van der Waals surface area contributed by atoms with Crippen LogP contribution in [0.25, 0.3) is 0 Å². The molecule has 19 heavy (non-hydrogen) atoms. The molecule has 0 bridgehead atoms. The van der Waals surface area contributed by atoms with Crippen LogP contribution in [0.15, 0.2) is 30.3 Å². The third-order valence-electron chi connectivity index (χ3n) is 3.12. The number of hydrogen-bond acceptors (Lipinski definition) is 2. The van der Waals surface area contributed by atoms with E-state index in [9.17, 15) is 9.59 Å². The van der Waals surface area contributed by atoms with E-state index in [1.165, 1.54) is 4.90 Å². The summed E-state index contributed by atoms with van der Waals surface area (Å²) >= 11 is 5.61. The monoisotopic (exact) mass is 280 g/mol. The summed E-state index contributed by atoms with van der Waals surface area (Å²) in [6.45, 7) is 1.14. The first-order valence-corrected chi connectivity index (χ1v) is 6.95. The van der Waals surface area contributed by atoms with E-state index < -0.39 is 0 Å². The van der Waals surface area contributed by atoms with Crippen LogP contribution in [0.4, 0.5) is 4.79 Å². The number of amides is 3. The van der Waals surface area contributed by atoms with Crippen LogP contribution in [0.2, 0.25) is 0 Å². The quantitative estimate of drug-likeness (QED) is 0.456. The van der Waals surface area contributed by atoms with Crippen molar-refractivity contribution < 1.29 is 9.59 Å². The molecule has 102 valence electrons. The lowest BCUT2D eigenvalue weighted by molar-refractivity contribution is -0.125. The first kappa shape index (κ1) is 13.9. The van der Waals surface area contributed by atoms with Crippen LogP contribution in [-0.2, 0) is 11.3 Å². The maximum atomic E-state index is 12.1. The van der Waals surface area contributed by atoms with Gasteiger partial charge in [0.25, 0.3) is 5.91 Å². The van der Waals surface area contributed by atoms with Gasteiger partial charge in [-0.05, 0) is 18.4 Å². The molecule has 0 aromatic heterocycles. The molecular formula is C14H17ClN2O2. The number of carbonyl (C=O) groups excluding carboxylic acids is 2. The molecule has 1 saturated heterocycles. The van der Waals surface area contributed by atoms with Crippen molar-refractivity contribution in [2.45, 2.75) is 19.4 Å². The van der Waals surface area contributed by atoms with Crippen molar-refractivity contribution >= 4 is 23.5 Å². The van der Waals surface area contributed by atoms with Gasteiger partial charge in [0, 0.05) is 12.4 Å². The van der Waals surface area contributed by atoms with Gasteiger partial charge in [-0.3, -0.25) is 9.69 Å². The summed E-state index contributed by atoms with van der Waals surface area (Å²) in [5.74, 6) is 0.462. The molecule has 1 aliphatic heterocycles. The van der Waals surface area contributed by atoms with E-state index in [2.05, 4.69) is 0 Å². The highest BCUT2D eigenvalue weighted by molar-refractivity contribution is 6.17. The molecule has 1 aromatic carbocycles. The van der Waals surface area contributed by atoms with Gasteiger partial charge >= 0.3 is 6.03 Å². The minimum Gasteiger partial charge on any atom is -0.315 e. The lowest BCUT2D eigenvalue weighted by Gasteiger charge is -2.16. The van der Waals surface area contributed by atoms with Gasteiger partial charge < -0.3 is 4.90 Å². The van der Waals surface area contributed by atoms with Crippen molar-refractivity contribution in [1.29, 1.82) is 0 Å². The Morgan fingerprint density at radius 1 is 1.11 bits per heavy atom. The van der Waals surface area contributed by atoms with E-state index in [-0.39, 0.29) is 18.5 Å². The molecule has 0 spiro atoms. The van der Waals surface area contributed by atoms with Crippen LogP contribution in [0.5, 0.6) is 0 Å². The van der Waals surface area contributed by atoms with Crippen molar-refractivity contribution in [1.82, 2.24) is 9.80 Å². The average Bonchev–Trinajstić information content (AvgIpc) is 2.68. The first-order chi connectivity index (χ1) is 9.22. The van der Waals surface area contributed by atoms with Gasteiger partial charge in [-0.2, -0.15) is 0 Å². The normalized spacial score (nSPS) is 15.4. The smallest absolute Gasteiger partial charge is 0.315 e. The van der Waals surface area contributed by atoms with Gasteiger partial charge in [-0.1, -0.05) is 30.3 Å². The predicted octanol–water partition coefficient (Wildman–Crippen LogP) is 2.47. The molecular weight excluding hydrogens is 264 g/mol. The van der Waals surface area contributed by atoms with E-state index in [0.29, 0.717) is 19.0 Å². The highest BCUT2D eigenvalue weighted by Crippen LogP contribution is 2.15. The molecule has 0 N–H and O–H groups in total. The SMILES string of the molecule is O=C1CN(CCCCCl)C(=O)N1Cc1ccccc1. The fourth-order valence-electron chi connectivity index (χ4n) is 2.09. The van der Waals surface area contributed by atoms with Gasteiger partial charge in [-0.15, -0.1) is 11.6 Å². The molecule has 0 unspecified atom stereocenters. The summed E-state index contributed by atoms with van der Waals surface area (Å²) < 4.78 is 0. The Hall–Kier alpha value is -1.55. The van der Waals surface area contributed by atoms with E-state index in [1.807, 2.05) is 30.3 Å². The molecule has 5 heteroatoms. The first-order valence-electron chi connectivity index (χ1n) is 6.41. The number of imide groups is 1. The number of urea groups is 1. The maximum absolute atomic E-state index is 12.1. The summed E-state index contributed by atoms with van der Waals surface area (Å²) in [7, 11) is 0. The molecule has 1 heterocycles. The van der Waals surface area contributed by atoms with Gasteiger partial charge in [0.2, 0.25) is 0 Å². The number of nitrogens with zero attached hydrogens (tertiary/aromatic N) is 2. The molecule has 0 radical (unpaired) electrons. The van der Waals surface area contributed by atoms with Crippen LogP contribution >= 0.6 is 11.6 Å². The van der Waals surface area contributed by atoms with Crippen LogP contribution in [0.3, 0.4) is 0 Å². The van der Waals surface area contributed by atoms with Crippen LogP contribution in [0.1, 0.15) is 18.4 Å². The highest BCUT2D eigenvalue weighted by atomic mass is 35.5. The molecule has 1 aliphatic rings. The number of hydrogen-bond donors (Lipinski definition) is 0. The van der Waals surface area contributed by atoms with Crippen LogP contribution in [-0.4, -0.2) is 40.7 Å². The van der Waals surface area contributed by atoms with Crippen molar-refractivity contribution in [3.8, 4) is 0 Å². The Kier molecular flexibility index (Phi) is 4.80. The van der Waals surface area contributed by atoms with Crippen molar-refractivity contribution in [3.63, 3.8) is 0 Å². The molecule has 0 saturated carbocycles. The number of unbranched alkanes of at least 4 members (excludes halogenated alkanes) is 1. The van der Waals surface area contributed by atoms with E-state index in [1.54, 1.807) is 4.90 Å². The van der Waals surface area contributed by atoms with Gasteiger partial charge in [0.1, 0.15) is 6.54 Å². The van der Waals surface area contributed by atoms with E-state index in [0.717, 1.165) is 18.4 Å². The van der Waals surface area contributed by atoms with E-state index in [4.69, 9.17) is 11.6 Å². The standard InChI is InChI=1S/C14H17ClN2O2/c15-8-4-5-9-16-11-13(18)17(14(16)19)10-12-6-2-1-3-7-12/h1-3,6-7H,4-5,8-11H2. The number of benzene rings is 1. The summed E-state index contributed by atoms with van der Waals surface area (Å²) in [6, 6.07) is 9.35. The van der Waals surface area contributed by atoms with Crippen molar-refractivity contribution in [2.75, 3.05) is 19.0 Å². The van der Waals surface area contributed by atoms with E-state index >= 15 is 0 Å². The number of alkyl halides is 1. The predicted molar refractivity (Wildman–Crippen MR) is 73.9 cm³/mol. The number of carbonyl (C=O) groups is 2. The van der Waals surface area contributed by atoms with Crippen LogP contribution < -0.4 is 0 Å². The summed E-state index contributed by atoms with van der Waals surface area (Å²) in [4.78, 5) is 26.9. The lowest BCUT2D eigenvalue weighted by Crippen LogP contribution is -2.33. The molecule has 0 aliphatic carbocycles. The maximum Gasteiger partial charge on any atom is 0.327 e. The summed E-state index contributed by atoms with van der Waals surface area (Å²) in [6.07, 6.45) is 1.69. The Labute approximate surface area is 117 Å². The zero-order chi connectivity index (χ0) is 13.7. The Morgan fingerprint density at radius 2 is 1.84 bits per heavy atom. The van der Waals surface area contributed by atoms with Crippen LogP contribution in [0, 0.1) is 0 Å². The zero-order valence-corrected chi connectivity index (χ0v) is 11.5. The third kappa shape index (κ3) is 3.47. The number of halogens is 1. The van der Waals surface area contributed by atoms with Gasteiger partial charge in [0.15, 0.2) is 0 Å². The molecule has 3 amide bonds. The summed E-state index contributed by atoms with van der Waals surface area (Å²) in [5, 5.41) is 0. The number of rotatable bonds is 6. The second-order valence-corrected chi connectivity index (χ2v) is 4.94. The Balaban J connectivity index is 1.95. The van der Waals surface area contributed by atoms with Gasteiger partial charge in [-0.25, -0.2) is 4.79 Å².